The molecule has 1 unspecified atom stereocenters. The summed E-state index contributed by atoms with van der Waals surface area (Å²) in [4.78, 5) is 22.2. The number of hydrogen-bond acceptors (Lipinski definition) is 2. The Morgan fingerprint density at radius 1 is 1.31 bits per heavy atom. The number of hydrogen-bond donors (Lipinski definition) is 3. The second-order valence-electron chi connectivity index (χ2n) is 4.16. The van der Waals surface area contributed by atoms with Crippen LogP contribution in [-0.2, 0) is 4.79 Å². The number of urea groups is 1. The van der Waals surface area contributed by atoms with Crippen LogP contribution in [0.5, 0.6) is 0 Å². The van der Waals surface area contributed by atoms with E-state index in [-0.39, 0.29) is 12.0 Å². The molecule has 0 spiro atoms. The Balaban J connectivity index is 4.23. The van der Waals surface area contributed by atoms with E-state index in [1.807, 2.05) is 13.8 Å². The predicted octanol–water partition coefficient (Wildman–Crippen LogP) is 1.36. The van der Waals surface area contributed by atoms with E-state index in [9.17, 15) is 9.59 Å². The van der Waals surface area contributed by atoms with Crippen molar-refractivity contribution in [3.05, 3.63) is 12.7 Å². The van der Waals surface area contributed by atoms with Gasteiger partial charge in [-0.2, -0.15) is 0 Å². The third kappa shape index (κ3) is 6.06. The topological polar surface area (TPSA) is 78.4 Å². The number of rotatable bonds is 6. The summed E-state index contributed by atoms with van der Waals surface area (Å²) in [5.74, 6) is -0.812. The summed E-state index contributed by atoms with van der Waals surface area (Å²) in [7, 11) is 0. The molecule has 0 bridgehead atoms. The van der Waals surface area contributed by atoms with Crippen LogP contribution in [-0.4, -0.2) is 29.2 Å². The summed E-state index contributed by atoms with van der Waals surface area (Å²) >= 11 is 0. The first kappa shape index (κ1) is 14.5. The van der Waals surface area contributed by atoms with E-state index < -0.39 is 18.0 Å². The van der Waals surface area contributed by atoms with Gasteiger partial charge in [-0.1, -0.05) is 19.9 Å². The van der Waals surface area contributed by atoms with Gasteiger partial charge in [0.15, 0.2) is 0 Å². The lowest BCUT2D eigenvalue weighted by Gasteiger charge is -2.18. The molecule has 16 heavy (non-hydrogen) atoms. The van der Waals surface area contributed by atoms with E-state index in [4.69, 9.17) is 5.11 Å². The third-order valence-corrected chi connectivity index (χ3v) is 2.02. The Morgan fingerprint density at radius 2 is 1.88 bits per heavy atom. The van der Waals surface area contributed by atoms with Gasteiger partial charge < -0.3 is 15.7 Å². The van der Waals surface area contributed by atoms with Crippen molar-refractivity contribution in [3.63, 3.8) is 0 Å². The molecule has 2 amide bonds. The summed E-state index contributed by atoms with van der Waals surface area (Å²) in [5, 5.41) is 13.9. The average molecular weight is 228 g/mol. The normalized spacial score (nSPS) is 14.0. The number of carboxylic acid groups (broad SMARTS) is 1. The lowest BCUT2D eigenvalue weighted by molar-refractivity contribution is -0.139. The zero-order valence-corrected chi connectivity index (χ0v) is 9.99. The molecule has 0 aliphatic carbocycles. The van der Waals surface area contributed by atoms with Crippen LogP contribution in [0.1, 0.15) is 27.2 Å². The monoisotopic (exact) mass is 228 g/mol. The first-order valence-electron chi connectivity index (χ1n) is 5.29. The SMILES string of the molecule is C=CC(C)NC(=O)N[C@@H](CC(C)C)C(=O)O. The Bertz CT molecular complexity index is 264. The molecule has 5 heteroatoms. The van der Waals surface area contributed by atoms with Crippen LogP contribution in [0.15, 0.2) is 12.7 Å². The van der Waals surface area contributed by atoms with Gasteiger partial charge in [0.05, 0.1) is 0 Å². The van der Waals surface area contributed by atoms with Crippen molar-refractivity contribution < 1.29 is 14.7 Å². The van der Waals surface area contributed by atoms with Gasteiger partial charge in [-0.3, -0.25) is 0 Å². The first-order valence-corrected chi connectivity index (χ1v) is 5.29. The molecule has 5 nitrogen and oxygen atoms in total. The van der Waals surface area contributed by atoms with Crippen LogP contribution in [0.4, 0.5) is 4.79 Å². The number of amides is 2. The quantitative estimate of drug-likeness (QED) is 0.601. The van der Waals surface area contributed by atoms with E-state index in [2.05, 4.69) is 17.2 Å². The maximum absolute atomic E-state index is 11.4. The Morgan fingerprint density at radius 3 is 2.25 bits per heavy atom. The highest BCUT2D eigenvalue weighted by molar-refractivity contribution is 5.82. The van der Waals surface area contributed by atoms with Crippen molar-refractivity contribution in [2.24, 2.45) is 5.92 Å². The van der Waals surface area contributed by atoms with Crippen LogP contribution in [0.3, 0.4) is 0 Å². The van der Waals surface area contributed by atoms with Crippen LogP contribution < -0.4 is 10.6 Å². The van der Waals surface area contributed by atoms with E-state index in [0.29, 0.717) is 6.42 Å². The number of carbonyl (C=O) groups excluding carboxylic acids is 1. The fourth-order valence-electron chi connectivity index (χ4n) is 1.16. The molecule has 0 heterocycles. The van der Waals surface area contributed by atoms with Gasteiger partial charge in [-0.15, -0.1) is 6.58 Å². The molecule has 0 saturated heterocycles. The largest absolute Gasteiger partial charge is 0.480 e. The molecule has 0 aliphatic rings. The summed E-state index contributed by atoms with van der Waals surface area (Å²) in [5.41, 5.74) is 0. The number of aliphatic carboxylic acids is 1. The fraction of sp³-hybridized carbons (Fsp3) is 0.636. The molecule has 3 N–H and O–H groups in total. The lowest BCUT2D eigenvalue weighted by atomic mass is 10.0. The van der Waals surface area contributed by atoms with Gasteiger partial charge in [0.2, 0.25) is 0 Å². The van der Waals surface area contributed by atoms with Crippen LogP contribution in [0.2, 0.25) is 0 Å². The summed E-state index contributed by atoms with van der Waals surface area (Å²) < 4.78 is 0. The molecule has 0 radical (unpaired) electrons. The van der Waals surface area contributed by atoms with Crippen molar-refractivity contribution in [3.8, 4) is 0 Å². The van der Waals surface area contributed by atoms with Gasteiger partial charge in [-0.25, -0.2) is 9.59 Å². The molecule has 0 aromatic rings. The van der Waals surface area contributed by atoms with Gasteiger partial charge in [0, 0.05) is 6.04 Å². The fourth-order valence-corrected chi connectivity index (χ4v) is 1.16. The van der Waals surface area contributed by atoms with Crippen molar-refractivity contribution in [1.82, 2.24) is 10.6 Å². The number of nitrogens with one attached hydrogen (secondary N) is 2. The predicted molar refractivity (Wildman–Crippen MR) is 62.2 cm³/mol. The highest BCUT2D eigenvalue weighted by atomic mass is 16.4. The molecule has 2 atom stereocenters. The van der Waals surface area contributed by atoms with Crippen molar-refractivity contribution in [2.45, 2.75) is 39.3 Å². The summed E-state index contributed by atoms with van der Waals surface area (Å²) in [6, 6.07) is -1.52. The maximum atomic E-state index is 11.4. The minimum absolute atomic E-state index is 0.187. The molecule has 0 fully saturated rings. The number of carbonyl (C=O) groups is 2. The second-order valence-corrected chi connectivity index (χ2v) is 4.16. The van der Waals surface area contributed by atoms with Crippen LogP contribution >= 0.6 is 0 Å². The van der Waals surface area contributed by atoms with Crippen LogP contribution in [0, 0.1) is 5.92 Å². The zero-order valence-electron chi connectivity index (χ0n) is 9.99. The summed E-state index contributed by atoms with van der Waals surface area (Å²) in [6.45, 7) is 9.08. The molecular formula is C11H20N2O3. The van der Waals surface area contributed by atoms with Crippen molar-refractivity contribution in [1.29, 1.82) is 0 Å². The van der Waals surface area contributed by atoms with E-state index in [1.165, 1.54) is 0 Å². The lowest BCUT2D eigenvalue weighted by Crippen LogP contribution is -2.48. The van der Waals surface area contributed by atoms with Crippen molar-refractivity contribution in [2.75, 3.05) is 0 Å². The first-order chi connectivity index (χ1) is 7.36. The molecule has 0 aromatic carbocycles. The Kier molecular flexibility index (Phi) is 6.22. The molecule has 0 aliphatic heterocycles. The highest BCUT2D eigenvalue weighted by Gasteiger charge is 2.21. The van der Waals surface area contributed by atoms with Gasteiger partial charge in [0.25, 0.3) is 0 Å². The van der Waals surface area contributed by atoms with E-state index in [1.54, 1.807) is 13.0 Å². The van der Waals surface area contributed by atoms with Gasteiger partial charge in [0.1, 0.15) is 6.04 Å². The Hall–Kier alpha value is -1.52. The highest BCUT2D eigenvalue weighted by Crippen LogP contribution is 2.04. The average Bonchev–Trinajstić information content (AvgIpc) is 2.15. The van der Waals surface area contributed by atoms with Crippen molar-refractivity contribution >= 4 is 12.0 Å². The molecule has 0 rings (SSSR count). The van der Waals surface area contributed by atoms with Gasteiger partial charge in [-0.05, 0) is 19.3 Å². The zero-order chi connectivity index (χ0) is 12.7. The minimum Gasteiger partial charge on any atom is -0.480 e. The molecule has 92 valence electrons. The standard InChI is InChI=1S/C11H20N2O3/c1-5-8(4)12-11(16)13-9(10(14)15)6-7(2)3/h5,7-9H,1,6H2,2-4H3,(H,14,15)(H2,12,13,16)/t8?,9-/m0/s1. The van der Waals surface area contributed by atoms with Gasteiger partial charge >= 0.3 is 12.0 Å². The Labute approximate surface area is 95.9 Å². The maximum Gasteiger partial charge on any atom is 0.326 e. The van der Waals surface area contributed by atoms with E-state index in [0.717, 1.165) is 0 Å². The van der Waals surface area contributed by atoms with E-state index >= 15 is 0 Å². The minimum atomic E-state index is -1.02. The third-order valence-electron chi connectivity index (χ3n) is 2.02. The molecule has 0 aromatic heterocycles. The smallest absolute Gasteiger partial charge is 0.326 e. The molecule has 0 saturated carbocycles. The second kappa shape index (κ2) is 6.87. The molecular weight excluding hydrogens is 208 g/mol. The number of carboxylic acids is 1. The summed E-state index contributed by atoms with van der Waals surface area (Å²) in [6.07, 6.45) is 1.98. The van der Waals surface area contributed by atoms with Crippen LogP contribution in [0.25, 0.3) is 0 Å².